The van der Waals surface area contributed by atoms with Crippen molar-refractivity contribution in [3.8, 4) is 5.75 Å². The van der Waals surface area contributed by atoms with Gasteiger partial charge < -0.3 is 20.1 Å². The van der Waals surface area contributed by atoms with E-state index in [1.165, 1.54) is 31.4 Å². The zero-order valence-corrected chi connectivity index (χ0v) is 10.9. The second-order valence-corrected chi connectivity index (χ2v) is 4.15. The highest BCUT2D eigenvalue weighted by Crippen LogP contribution is 2.23. The van der Waals surface area contributed by atoms with Crippen molar-refractivity contribution in [2.45, 2.75) is 0 Å². The molecule has 2 rings (SSSR count). The Labute approximate surface area is 117 Å². The summed E-state index contributed by atoms with van der Waals surface area (Å²) in [6, 6.07) is 13.1. The number of nitrogens with one attached hydrogen (secondary N) is 1. The largest absolute Gasteiger partial charge is 0.495 e. The van der Waals surface area contributed by atoms with E-state index in [2.05, 4.69) is 5.32 Å². The molecule has 0 aliphatic heterocycles. The normalized spacial score (nSPS) is 9.95. The van der Waals surface area contributed by atoms with E-state index in [1.54, 1.807) is 18.2 Å². The van der Waals surface area contributed by atoms with E-state index in [4.69, 9.17) is 14.8 Å². The molecule has 0 aliphatic rings. The Kier molecular flexibility index (Phi) is 4.39. The molecule has 0 aromatic heterocycles. The third kappa shape index (κ3) is 3.17. The first-order valence-electron chi connectivity index (χ1n) is 6.02. The second-order valence-electron chi connectivity index (χ2n) is 4.15. The molecule has 2 aromatic rings. The molecule has 5 nitrogen and oxygen atoms in total. The molecular formula is C14H14BNO4. The summed E-state index contributed by atoms with van der Waals surface area (Å²) in [5.74, 6) is 0.275. The van der Waals surface area contributed by atoms with Crippen LogP contribution in [0.2, 0.25) is 0 Å². The number of rotatable bonds is 4. The summed E-state index contributed by atoms with van der Waals surface area (Å²) in [5.41, 5.74) is 1.32. The highest BCUT2D eigenvalue weighted by molar-refractivity contribution is 6.58. The summed E-state index contributed by atoms with van der Waals surface area (Å²) < 4.78 is 5.15. The molecule has 102 valence electrons. The third-order valence-electron chi connectivity index (χ3n) is 2.83. The number of hydrogen-bond acceptors (Lipinski definition) is 4. The maximum atomic E-state index is 12.1. The van der Waals surface area contributed by atoms with Crippen molar-refractivity contribution < 1.29 is 19.6 Å². The van der Waals surface area contributed by atoms with Gasteiger partial charge >= 0.3 is 7.12 Å². The van der Waals surface area contributed by atoms with Crippen LogP contribution in [0.3, 0.4) is 0 Å². The third-order valence-corrected chi connectivity index (χ3v) is 2.83. The number of carbonyl (C=O) groups is 1. The Hall–Kier alpha value is -2.31. The van der Waals surface area contributed by atoms with Crippen LogP contribution in [0.25, 0.3) is 0 Å². The van der Waals surface area contributed by atoms with Crippen LogP contribution in [0.4, 0.5) is 5.69 Å². The van der Waals surface area contributed by atoms with Crippen molar-refractivity contribution in [1.82, 2.24) is 0 Å². The Balaban J connectivity index is 2.15. The highest BCUT2D eigenvalue weighted by Gasteiger charge is 2.13. The molecule has 0 saturated heterocycles. The average Bonchev–Trinajstić information content (AvgIpc) is 2.48. The van der Waals surface area contributed by atoms with Gasteiger partial charge in [-0.1, -0.05) is 24.3 Å². The second kappa shape index (κ2) is 6.23. The van der Waals surface area contributed by atoms with Crippen LogP contribution in [0.5, 0.6) is 5.75 Å². The lowest BCUT2D eigenvalue weighted by atomic mass is 9.80. The minimum Gasteiger partial charge on any atom is -0.495 e. The van der Waals surface area contributed by atoms with E-state index < -0.39 is 7.12 Å². The fourth-order valence-electron chi connectivity index (χ4n) is 1.75. The van der Waals surface area contributed by atoms with Crippen LogP contribution in [0.15, 0.2) is 48.5 Å². The Morgan fingerprint density at radius 1 is 1.10 bits per heavy atom. The predicted octanol–water partition coefficient (Wildman–Crippen LogP) is 0.627. The zero-order chi connectivity index (χ0) is 14.5. The van der Waals surface area contributed by atoms with Crippen molar-refractivity contribution in [2.24, 2.45) is 0 Å². The number of anilines is 1. The van der Waals surface area contributed by atoms with E-state index in [9.17, 15) is 4.79 Å². The molecule has 0 aliphatic carbocycles. The molecule has 1 amide bonds. The highest BCUT2D eigenvalue weighted by atomic mass is 16.5. The van der Waals surface area contributed by atoms with Gasteiger partial charge in [0.15, 0.2) is 0 Å². The standard InChI is InChI=1S/C14H14BNO4/c1-20-13-5-3-2-4-12(13)16-14(17)10-6-8-11(9-7-10)15(18)19/h2-9,18-19H,1H3,(H,16,17). The molecule has 20 heavy (non-hydrogen) atoms. The molecule has 3 N–H and O–H groups in total. The number of ether oxygens (including phenoxy) is 1. The molecule has 0 unspecified atom stereocenters. The van der Waals surface area contributed by atoms with Crippen molar-refractivity contribution in [3.63, 3.8) is 0 Å². The molecule has 2 aromatic carbocycles. The first-order chi connectivity index (χ1) is 9.61. The Morgan fingerprint density at radius 3 is 2.35 bits per heavy atom. The summed E-state index contributed by atoms with van der Waals surface area (Å²) in [4.78, 5) is 12.1. The number of hydrogen-bond donors (Lipinski definition) is 3. The van der Waals surface area contributed by atoms with Gasteiger partial charge in [-0.15, -0.1) is 0 Å². The number of carbonyl (C=O) groups excluding carboxylic acids is 1. The average molecular weight is 271 g/mol. The topological polar surface area (TPSA) is 78.8 Å². The van der Waals surface area contributed by atoms with Crippen molar-refractivity contribution in [3.05, 3.63) is 54.1 Å². The lowest BCUT2D eigenvalue weighted by molar-refractivity contribution is 0.102. The summed E-state index contributed by atoms with van der Waals surface area (Å²) in [6.45, 7) is 0. The van der Waals surface area contributed by atoms with Crippen LogP contribution >= 0.6 is 0 Å². The van der Waals surface area contributed by atoms with Gasteiger partial charge in [-0.05, 0) is 29.7 Å². The zero-order valence-electron chi connectivity index (χ0n) is 10.9. The van der Waals surface area contributed by atoms with Gasteiger partial charge in [-0.3, -0.25) is 4.79 Å². The van der Waals surface area contributed by atoms with Crippen LogP contribution < -0.4 is 15.5 Å². The lowest BCUT2D eigenvalue weighted by Gasteiger charge is -2.10. The number of para-hydroxylation sites is 2. The molecule has 6 heteroatoms. The summed E-state index contributed by atoms with van der Waals surface area (Å²) in [5, 5.41) is 20.7. The molecule has 0 bridgehead atoms. The van der Waals surface area contributed by atoms with Crippen molar-refractivity contribution >= 4 is 24.2 Å². The van der Waals surface area contributed by atoms with Gasteiger partial charge in [0.1, 0.15) is 5.75 Å². The minimum absolute atomic E-state index is 0.298. The molecule has 0 heterocycles. The molecule has 0 fully saturated rings. The number of benzene rings is 2. The van der Waals surface area contributed by atoms with Gasteiger partial charge in [0.2, 0.25) is 0 Å². The van der Waals surface area contributed by atoms with Gasteiger partial charge in [0, 0.05) is 5.56 Å². The van der Waals surface area contributed by atoms with E-state index in [0.717, 1.165) is 0 Å². The quantitative estimate of drug-likeness (QED) is 0.712. The first kappa shape index (κ1) is 14.1. The van der Waals surface area contributed by atoms with Crippen LogP contribution in [-0.4, -0.2) is 30.2 Å². The van der Waals surface area contributed by atoms with E-state index in [-0.39, 0.29) is 5.91 Å². The van der Waals surface area contributed by atoms with Crippen LogP contribution in [0.1, 0.15) is 10.4 Å². The van der Waals surface area contributed by atoms with Gasteiger partial charge in [-0.25, -0.2) is 0 Å². The molecular weight excluding hydrogens is 257 g/mol. The van der Waals surface area contributed by atoms with Crippen molar-refractivity contribution in [1.29, 1.82) is 0 Å². The van der Waals surface area contributed by atoms with Gasteiger partial charge in [0.25, 0.3) is 5.91 Å². The van der Waals surface area contributed by atoms with E-state index >= 15 is 0 Å². The number of amides is 1. The Morgan fingerprint density at radius 2 is 1.75 bits per heavy atom. The summed E-state index contributed by atoms with van der Waals surface area (Å²) >= 11 is 0. The fourth-order valence-corrected chi connectivity index (χ4v) is 1.75. The SMILES string of the molecule is COc1ccccc1NC(=O)c1ccc(B(O)O)cc1. The fraction of sp³-hybridized carbons (Fsp3) is 0.0714. The van der Waals surface area contributed by atoms with Crippen LogP contribution in [0, 0.1) is 0 Å². The van der Waals surface area contributed by atoms with Crippen LogP contribution in [-0.2, 0) is 0 Å². The monoisotopic (exact) mass is 271 g/mol. The molecule has 0 saturated carbocycles. The Bertz CT molecular complexity index is 598. The summed E-state index contributed by atoms with van der Waals surface area (Å²) in [7, 11) is -0.0103. The van der Waals surface area contributed by atoms with E-state index in [0.29, 0.717) is 22.5 Å². The van der Waals surface area contributed by atoms with Gasteiger partial charge in [0.05, 0.1) is 12.8 Å². The maximum absolute atomic E-state index is 12.1. The summed E-state index contributed by atoms with van der Waals surface area (Å²) in [6.07, 6.45) is 0. The smallest absolute Gasteiger partial charge is 0.488 e. The molecule has 0 spiro atoms. The van der Waals surface area contributed by atoms with Crippen molar-refractivity contribution in [2.75, 3.05) is 12.4 Å². The lowest BCUT2D eigenvalue weighted by Crippen LogP contribution is -2.29. The minimum atomic E-state index is -1.54. The maximum Gasteiger partial charge on any atom is 0.488 e. The van der Waals surface area contributed by atoms with E-state index in [1.807, 2.05) is 6.07 Å². The number of methoxy groups -OCH3 is 1. The van der Waals surface area contributed by atoms with Gasteiger partial charge in [-0.2, -0.15) is 0 Å². The first-order valence-corrected chi connectivity index (χ1v) is 6.02. The molecule has 0 radical (unpaired) electrons. The molecule has 0 atom stereocenters. The predicted molar refractivity (Wildman–Crippen MR) is 77.2 cm³/mol.